The van der Waals surface area contributed by atoms with Crippen molar-refractivity contribution in [1.29, 1.82) is 0 Å². The smallest absolute Gasteiger partial charge is 0.328 e. The first kappa shape index (κ1) is 10.6. The van der Waals surface area contributed by atoms with E-state index in [0.717, 1.165) is 6.08 Å². The molecule has 66 valence electrons. The van der Waals surface area contributed by atoms with Crippen LogP contribution in [-0.2, 0) is 9.59 Å². The van der Waals surface area contributed by atoms with Gasteiger partial charge in [-0.05, 0) is 18.6 Å². The minimum Gasteiger partial charge on any atom is -0.478 e. The normalized spacial score (nSPS) is 12.0. The SMILES string of the molecule is CCC(=O)C=CC(C)=CC(=O)O. The van der Waals surface area contributed by atoms with Crippen LogP contribution in [0.1, 0.15) is 20.3 Å². The lowest BCUT2D eigenvalue weighted by Gasteiger charge is -1.88. The number of rotatable bonds is 4. The Kier molecular flexibility index (Phi) is 4.69. The maximum atomic E-state index is 10.7. The van der Waals surface area contributed by atoms with E-state index in [9.17, 15) is 9.59 Å². The minimum atomic E-state index is -0.999. The van der Waals surface area contributed by atoms with Gasteiger partial charge in [0.05, 0.1) is 0 Å². The molecular formula is C9H12O3. The van der Waals surface area contributed by atoms with Gasteiger partial charge in [-0.3, -0.25) is 4.79 Å². The van der Waals surface area contributed by atoms with Crippen molar-refractivity contribution in [3.63, 3.8) is 0 Å². The van der Waals surface area contributed by atoms with Crippen molar-refractivity contribution in [2.45, 2.75) is 20.3 Å². The van der Waals surface area contributed by atoms with Gasteiger partial charge in [0, 0.05) is 12.5 Å². The quantitative estimate of drug-likeness (QED) is 0.512. The number of carboxylic acids is 1. The Morgan fingerprint density at radius 3 is 2.33 bits per heavy atom. The molecule has 0 saturated heterocycles. The van der Waals surface area contributed by atoms with Gasteiger partial charge in [0.1, 0.15) is 0 Å². The van der Waals surface area contributed by atoms with Gasteiger partial charge in [0.25, 0.3) is 0 Å². The summed E-state index contributed by atoms with van der Waals surface area (Å²) < 4.78 is 0. The molecular weight excluding hydrogens is 156 g/mol. The standard InChI is InChI=1S/C9H12O3/c1-3-8(10)5-4-7(2)6-9(11)12/h4-6H,3H2,1-2H3,(H,11,12). The number of carboxylic acid groups (broad SMARTS) is 1. The van der Waals surface area contributed by atoms with E-state index in [2.05, 4.69) is 0 Å². The van der Waals surface area contributed by atoms with Gasteiger partial charge < -0.3 is 5.11 Å². The molecule has 0 aromatic heterocycles. The van der Waals surface area contributed by atoms with Gasteiger partial charge in [0.2, 0.25) is 0 Å². The van der Waals surface area contributed by atoms with Crippen molar-refractivity contribution in [3.05, 3.63) is 23.8 Å². The highest BCUT2D eigenvalue weighted by Gasteiger charge is 1.91. The Labute approximate surface area is 71.4 Å². The van der Waals surface area contributed by atoms with E-state index in [1.54, 1.807) is 13.8 Å². The van der Waals surface area contributed by atoms with Crippen molar-refractivity contribution in [2.75, 3.05) is 0 Å². The minimum absolute atomic E-state index is 0.00635. The lowest BCUT2D eigenvalue weighted by atomic mass is 10.2. The number of hydrogen-bond donors (Lipinski definition) is 1. The molecule has 0 aromatic rings. The molecule has 0 heterocycles. The van der Waals surface area contributed by atoms with E-state index < -0.39 is 5.97 Å². The molecule has 0 radical (unpaired) electrons. The molecule has 3 nitrogen and oxygen atoms in total. The summed E-state index contributed by atoms with van der Waals surface area (Å²) in [5, 5.41) is 8.31. The highest BCUT2D eigenvalue weighted by atomic mass is 16.4. The van der Waals surface area contributed by atoms with Crippen molar-refractivity contribution < 1.29 is 14.7 Å². The molecule has 0 bridgehead atoms. The molecule has 0 aliphatic rings. The fourth-order valence-electron chi connectivity index (χ4n) is 0.585. The summed E-state index contributed by atoms with van der Waals surface area (Å²) in [6.45, 7) is 3.39. The van der Waals surface area contributed by atoms with Gasteiger partial charge in [-0.2, -0.15) is 0 Å². The summed E-state index contributed by atoms with van der Waals surface area (Å²) >= 11 is 0. The molecule has 1 N–H and O–H groups in total. The second-order valence-electron chi connectivity index (χ2n) is 2.38. The Morgan fingerprint density at radius 1 is 1.33 bits per heavy atom. The summed E-state index contributed by atoms with van der Waals surface area (Å²) in [7, 11) is 0. The first-order valence-corrected chi connectivity index (χ1v) is 3.68. The molecule has 3 heteroatoms. The third kappa shape index (κ3) is 5.41. The zero-order chi connectivity index (χ0) is 9.56. The first-order valence-electron chi connectivity index (χ1n) is 3.68. The molecule has 0 spiro atoms. The Bertz CT molecular complexity index is 236. The molecule has 0 fully saturated rings. The van der Waals surface area contributed by atoms with Gasteiger partial charge in [-0.15, -0.1) is 0 Å². The summed E-state index contributed by atoms with van der Waals surface area (Å²) in [6, 6.07) is 0. The Hall–Kier alpha value is -1.38. The van der Waals surface area contributed by atoms with Gasteiger partial charge >= 0.3 is 5.97 Å². The van der Waals surface area contributed by atoms with Crippen molar-refractivity contribution in [2.24, 2.45) is 0 Å². The van der Waals surface area contributed by atoms with Crippen LogP contribution in [0.4, 0.5) is 0 Å². The second-order valence-corrected chi connectivity index (χ2v) is 2.38. The predicted molar refractivity (Wildman–Crippen MR) is 45.8 cm³/mol. The van der Waals surface area contributed by atoms with Crippen LogP contribution in [0.5, 0.6) is 0 Å². The summed E-state index contributed by atoms with van der Waals surface area (Å²) in [5.41, 5.74) is 0.560. The van der Waals surface area contributed by atoms with Crippen molar-refractivity contribution in [3.8, 4) is 0 Å². The van der Waals surface area contributed by atoms with Crippen LogP contribution < -0.4 is 0 Å². The maximum Gasteiger partial charge on any atom is 0.328 e. The van der Waals surface area contributed by atoms with Crippen LogP contribution in [0.2, 0.25) is 0 Å². The highest BCUT2D eigenvalue weighted by Crippen LogP contribution is 1.95. The molecule has 0 aliphatic heterocycles. The third-order valence-electron chi connectivity index (χ3n) is 1.23. The Morgan fingerprint density at radius 2 is 1.92 bits per heavy atom. The average molecular weight is 168 g/mol. The number of carbonyl (C=O) groups excluding carboxylic acids is 1. The lowest BCUT2D eigenvalue weighted by molar-refractivity contribution is -0.131. The van der Waals surface area contributed by atoms with E-state index in [1.807, 2.05) is 0 Å². The molecule has 0 rings (SSSR count). The molecule has 0 aliphatic carbocycles. The molecule has 0 amide bonds. The number of aliphatic carboxylic acids is 1. The van der Waals surface area contributed by atoms with Crippen LogP contribution in [0.25, 0.3) is 0 Å². The maximum absolute atomic E-state index is 10.7. The van der Waals surface area contributed by atoms with Crippen molar-refractivity contribution >= 4 is 11.8 Å². The third-order valence-corrected chi connectivity index (χ3v) is 1.23. The molecule has 0 atom stereocenters. The lowest BCUT2D eigenvalue weighted by Crippen LogP contribution is -1.90. The van der Waals surface area contributed by atoms with E-state index in [4.69, 9.17) is 5.11 Å². The van der Waals surface area contributed by atoms with Crippen LogP contribution in [0.3, 0.4) is 0 Å². The van der Waals surface area contributed by atoms with Gasteiger partial charge in [0.15, 0.2) is 5.78 Å². The number of ketones is 1. The first-order chi connectivity index (χ1) is 5.56. The number of allylic oxidation sites excluding steroid dienone is 3. The van der Waals surface area contributed by atoms with E-state index in [1.165, 1.54) is 12.2 Å². The van der Waals surface area contributed by atoms with Crippen LogP contribution in [-0.4, -0.2) is 16.9 Å². The van der Waals surface area contributed by atoms with Gasteiger partial charge in [-0.25, -0.2) is 4.79 Å². The fraction of sp³-hybridized carbons (Fsp3) is 0.333. The molecule has 0 unspecified atom stereocenters. The second kappa shape index (κ2) is 5.29. The highest BCUT2D eigenvalue weighted by molar-refractivity contribution is 5.90. The van der Waals surface area contributed by atoms with E-state index >= 15 is 0 Å². The largest absolute Gasteiger partial charge is 0.478 e. The predicted octanol–water partition coefficient (Wildman–Crippen LogP) is 1.55. The van der Waals surface area contributed by atoms with Crippen LogP contribution >= 0.6 is 0 Å². The fourth-order valence-corrected chi connectivity index (χ4v) is 0.585. The zero-order valence-electron chi connectivity index (χ0n) is 7.20. The topological polar surface area (TPSA) is 54.4 Å². The molecule has 0 aromatic carbocycles. The van der Waals surface area contributed by atoms with E-state index in [-0.39, 0.29) is 5.78 Å². The van der Waals surface area contributed by atoms with Crippen LogP contribution in [0.15, 0.2) is 23.8 Å². The summed E-state index contributed by atoms with van der Waals surface area (Å²) in [6.07, 6.45) is 4.38. The van der Waals surface area contributed by atoms with Crippen LogP contribution in [0, 0.1) is 0 Å². The van der Waals surface area contributed by atoms with Gasteiger partial charge in [-0.1, -0.05) is 13.0 Å². The molecule has 12 heavy (non-hydrogen) atoms. The number of carbonyl (C=O) groups is 2. The molecule has 0 saturated carbocycles. The van der Waals surface area contributed by atoms with Crippen molar-refractivity contribution in [1.82, 2.24) is 0 Å². The zero-order valence-corrected chi connectivity index (χ0v) is 7.20. The Balaban J connectivity index is 4.17. The monoisotopic (exact) mass is 168 g/mol. The average Bonchev–Trinajstić information content (AvgIpc) is 1.99. The number of hydrogen-bond acceptors (Lipinski definition) is 2. The summed E-state index contributed by atoms with van der Waals surface area (Å²) in [4.78, 5) is 20.9. The van der Waals surface area contributed by atoms with E-state index in [0.29, 0.717) is 12.0 Å². The summed E-state index contributed by atoms with van der Waals surface area (Å²) in [5.74, 6) is -1.01.